The van der Waals surface area contributed by atoms with E-state index in [2.05, 4.69) is 21.9 Å². The molecule has 0 amide bonds. The van der Waals surface area contributed by atoms with Crippen LogP contribution in [0, 0.1) is 6.92 Å². The Hall–Kier alpha value is -1.78. The summed E-state index contributed by atoms with van der Waals surface area (Å²) in [7, 11) is 1.96. The Morgan fingerprint density at radius 1 is 1.30 bits per heavy atom. The molecule has 3 rings (SSSR count). The van der Waals surface area contributed by atoms with Crippen molar-refractivity contribution in [1.82, 2.24) is 14.3 Å². The molecule has 2 N–H and O–H groups in total. The maximum absolute atomic E-state index is 6.05. The summed E-state index contributed by atoms with van der Waals surface area (Å²) in [6, 6.07) is 7.98. The number of hydrogen-bond donors (Lipinski definition) is 1. The standard InChI is InChI=1S/C15H17ClN4/c1-10-13(5-7-17)15(19(2)18-10)20-8-6-11-9-12(16)3-4-14(11)20/h3-4,6,8-9H,5,7,17H2,1-2H3. The topological polar surface area (TPSA) is 48.8 Å². The fourth-order valence-electron chi connectivity index (χ4n) is 2.73. The predicted molar refractivity (Wildman–Crippen MR) is 82.5 cm³/mol. The Bertz CT molecular complexity index is 770. The van der Waals surface area contributed by atoms with Crippen LogP contribution in [0.2, 0.25) is 5.02 Å². The van der Waals surface area contributed by atoms with Gasteiger partial charge in [0.2, 0.25) is 0 Å². The number of aryl methyl sites for hydroxylation is 2. The number of nitrogens with zero attached hydrogens (tertiary/aromatic N) is 3. The van der Waals surface area contributed by atoms with E-state index in [1.165, 1.54) is 5.56 Å². The zero-order valence-electron chi connectivity index (χ0n) is 11.6. The lowest BCUT2D eigenvalue weighted by Gasteiger charge is -2.09. The Morgan fingerprint density at radius 3 is 2.85 bits per heavy atom. The van der Waals surface area contributed by atoms with Crippen molar-refractivity contribution >= 4 is 22.5 Å². The minimum atomic E-state index is 0.616. The molecule has 104 valence electrons. The minimum Gasteiger partial charge on any atom is -0.330 e. The number of nitrogens with two attached hydrogens (primary N) is 1. The molecule has 5 heteroatoms. The molecule has 0 saturated carbocycles. The number of fused-ring (bicyclic) bond motifs is 1. The quantitative estimate of drug-likeness (QED) is 0.806. The number of hydrogen-bond acceptors (Lipinski definition) is 2. The van der Waals surface area contributed by atoms with Gasteiger partial charge in [-0.3, -0.25) is 4.68 Å². The third-order valence-corrected chi connectivity index (χ3v) is 3.82. The van der Waals surface area contributed by atoms with Crippen LogP contribution in [0.1, 0.15) is 11.3 Å². The smallest absolute Gasteiger partial charge is 0.138 e. The van der Waals surface area contributed by atoms with Crippen LogP contribution >= 0.6 is 11.6 Å². The summed E-state index contributed by atoms with van der Waals surface area (Å²) in [5.74, 6) is 1.07. The van der Waals surface area contributed by atoms with E-state index in [9.17, 15) is 0 Å². The summed E-state index contributed by atoms with van der Waals surface area (Å²) in [6.07, 6.45) is 2.87. The molecule has 1 aromatic carbocycles. The van der Waals surface area contributed by atoms with Crippen molar-refractivity contribution in [2.75, 3.05) is 6.54 Å². The van der Waals surface area contributed by atoms with Gasteiger partial charge in [0.25, 0.3) is 0 Å². The normalized spacial score (nSPS) is 11.4. The van der Waals surface area contributed by atoms with Crippen LogP contribution in [-0.4, -0.2) is 20.9 Å². The molecule has 0 unspecified atom stereocenters. The number of rotatable bonds is 3. The lowest BCUT2D eigenvalue weighted by molar-refractivity contribution is 0.727. The van der Waals surface area contributed by atoms with Crippen molar-refractivity contribution in [3.05, 3.63) is 46.7 Å². The van der Waals surface area contributed by atoms with Gasteiger partial charge in [-0.05, 0) is 44.2 Å². The fraction of sp³-hybridized carbons (Fsp3) is 0.267. The molecule has 0 saturated heterocycles. The molecule has 0 aliphatic rings. The lowest BCUT2D eigenvalue weighted by Crippen LogP contribution is -2.08. The van der Waals surface area contributed by atoms with Gasteiger partial charge in [-0.15, -0.1) is 0 Å². The second kappa shape index (κ2) is 4.96. The highest BCUT2D eigenvalue weighted by atomic mass is 35.5. The zero-order chi connectivity index (χ0) is 14.3. The van der Waals surface area contributed by atoms with Crippen LogP contribution in [0.4, 0.5) is 0 Å². The highest BCUT2D eigenvalue weighted by Crippen LogP contribution is 2.26. The van der Waals surface area contributed by atoms with Crippen LogP contribution in [0.5, 0.6) is 0 Å². The van der Waals surface area contributed by atoms with Crippen LogP contribution < -0.4 is 5.73 Å². The van der Waals surface area contributed by atoms with Crippen LogP contribution in [0.3, 0.4) is 0 Å². The second-order valence-electron chi connectivity index (χ2n) is 4.94. The van der Waals surface area contributed by atoms with E-state index >= 15 is 0 Å². The van der Waals surface area contributed by atoms with Crippen LogP contribution in [0.15, 0.2) is 30.5 Å². The van der Waals surface area contributed by atoms with E-state index in [-0.39, 0.29) is 0 Å². The zero-order valence-corrected chi connectivity index (χ0v) is 12.4. The third-order valence-electron chi connectivity index (χ3n) is 3.59. The second-order valence-corrected chi connectivity index (χ2v) is 5.38. The molecule has 0 aliphatic carbocycles. The molecular formula is C15H17ClN4. The average molecular weight is 289 g/mol. The van der Waals surface area contributed by atoms with Crippen LogP contribution in [0.25, 0.3) is 16.7 Å². The molecule has 0 aliphatic heterocycles. The summed E-state index contributed by atoms with van der Waals surface area (Å²) >= 11 is 6.05. The molecule has 0 bridgehead atoms. The lowest BCUT2D eigenvalue weighted by atomic mass is 10.1. The maximum Gasteiger partial charge on any atom is 0.138 e. The average Bonchev–Trinajstić information content (AvgIpc) is 2.91. The van der Waals surface area contributed by atoms with E-state index in [1.54, 1.807) is 0 Å². The molecule has 0 radical (unpaired) electrons. The van der Waals surface area contributed by atoms with E-state index in [4.69, 9.17) is 17.3 Å². The summed E-state index contributed by atoms with van der Waals surface area (Å²) in [6.45, 7) is 2.64. The van der Waals surface area contributed by atoms with Crippen molar-refractivity contribution < 1.29 is 0 Å². The molecule has 0 atom stereocenters. The first kappa shape index (κ1) is 13.2. The van der Waals surface area contributed by atoms with Gasteiger partial charge in [-0.2, -0.15) is 5.10 Å². The van der Waals surface area contributed by atoms with Gasteiger partial charge in [0.15, 0.2) is 0 Å². The Kier molecular flexibility index (Phi) is 3.28. The van der Waals surface area contributed by atoms with Gasteiger partial charge in [0.05, 0.1) is 11.2 Å². The van der Waals surface area contributed by atoms with E-state index < -0.39 is 0 Å². The fourth-order valence-corrected chi connectivity index (χ4v) is 2.91. The molecular weight excluding hydrogens is 272 g/mol. The van der Waals surface area contributed by atoms with Gasteiger partial charge < -0.3 is 10.3 Å². The molecule has 2 heterocycles. The summed E-state index contributed by atoms with van der Waals surface area (Å²) in [4.78, 5) is 0. The Balaban J connectivity index is 2.25. The van der Waals surface area contributed by atoms with Crippen LogP contribution in [-0.2, 0) is 13.5 Å². The van der Waals surface area contributed by atoms with Crippen molar-refractivity contribution in [3.8, 4) is 5.82 Å². The Labute approximate surface area is 122 Å². The maximum atomic E-state index is 6.05. The van der Waals surface area contributed by atoms with Gasteiger partial charge in [-0.1, -0.05) is 11.6 Å². The Morgan fingerprint density at radius 2 is 2.10 bits per heavy atom. The number of halogens is 1. The van der Waals surface area contributed by atoms with Crippen molar-refractivity contribution in [2.45, 2.75) is 13.3 Å². The SMILES string of the molecule is Cc1nn(C)c(-n2ccc3cc(Cl)ccc32)c1CCN. The van der Waals surface area contributed by atoms with Crippen molar-refractivity contribution in [2.24, 2.45) is 12.8 Å². The molecule has 0 spiro atoms. The first-order valence-corrected chi connectivity index (χ1v) is 6.99. The van der Waals surface area contributed by atoms with E-state index in [0.29, 0.717) is 6.54 Å². The first-order chi connectivity index (χ1) is 9.61. The molecule has 4 nitrogen and oxygen atoms in total. The van der Waals surface area contributed by atoms with Gasteiger partial charge in [-0.25, -0.2) is 0 Å². The van der Waals surface area contributed by atoms with E-state index in [0.717, 1.165) is 33.9 Å². The van der Waals surface area contributed by atoms with Crippen molar-refractivity contribution in [3.63, 3.8) is 0 Å². The van der Waals surface area contributed by atoms with Gasteiger partial charge in [0.1, 0.15) is 5.82 Å². The molecule has 0 fully saturated rings. The summed E-state index contributed by atoms with van der Waals surface area (Å²) in [5.41, 5.74) is 9.08. The van der Waals surface area contributed by atoms with E-state index in [1.807, 2.05) is 36.9 Å². The largest absolute Gasteiger partial charge is 0.330 e. The molecule has 20 heavy (non-hydrogen) atoms. The third kappa shape index (κ3) is 2.01. The summed E-state index contributed by atoms with van der Waals surface area (Å²) in [5, 5.41) is 6.39. The predicted octanol–water partition coefficient (Wildman–Crippen LogP) is 2.83. The minimum absolute atomic E-state index is 0.616. The number of aromatic nitrogens is 3. The highest BCUT2D eigenvalue weighted by Gasteiger charge is 2.15. The first-order valence-electron chi connectivity index (χ1n) is 6.61. The van der Waals surface area contributed by atoms with Gasteiger partial charge in [0, 0.05) is 29.2 Å². The molecule has 3 aromatic rings. The number of benzene rings is 1. The highest BCUT2D eigenvalue weighted by molar-refractivity contribution is 6.31. The van der Waals surface area contributed by atoms with Gasteiger partial charge >= 0.3 is 0 Å². The summed E-state index contributed by atoms with van der Waals surface area (Å²) < 4.78 is 4.06. The van der Waals surface area contributed by atoms with Crippen molar-refractivity contribution in [1.29, 1.82) is 0 Å². The molecule has 2 aromatic heterocycles. The monoisotopic (exact) mass is 288 g/mol.